The highest BCUT2D eigenvalue weighted by atomic mass is 32.1. The van der Waals surface area contributed by atoms with Crippen LogP contribution < -0.4 is 5.32 Å². The van der Waals surface area contributed by atoms with Crippen molar-refractivity contribution in [1.82, 2.24) is 15.2 Å². The van der Waals surface area contributed by atoms with E-state index in [0.29, 0.717) is 11.6 Å². The van der Waals surface area contributed by atoms with Crippen LogP contribution in [0.3, 0.4) is 0 Å². The Morgan fingerprint density at radius 2 is 2.21 bits per heavy atom. The minimum atomic E-state index is 0.399. The Bertz CT molecular complexity index is 423. The summed E-state index contributed by atoms with van der Waals surface area (Å²) in [4.78, 5) is 7.26. The van der Waals surface area contributed by atoms with Crippen LogP contribution in [-0.4, -0.2) is 34.6 Å². The lowest BCUT2D eigenvalue weighted by atomic mass is 9.79. The van der Waals surface area contributed by atoms with E-state index in [9.17, 15) is 0 Å². The molecule has 3 rings (SSSR count). The van der Waals surface area contributed by atoms with Gasteiger partial charge in [-0.3, -0.25) is 4.90 Å². The van der Waals surface area contributed by atoms with Gasteiger partial charge in [-0.25, -0.2) is 4.98 Å². The van der Waals surface area contributed by atoms with E-state index < -0.39 is 0 Å². The van der Waals surface area contributed by atoms with Gasteiger partial charge in [0.15, 0.2) is 0 Å². The topological polar surface area (TPSA) is 28.2 Å². The zero-order valence-corrected chi connectivity index (χ0v) is 12.9. The van der Waals surface area contributed by atoms with Gasteiger partial charge in [0.1, 0.15) is 0 Å². The fourth-order valence-corrected chi connectivity index (χ4v) is 4.16. The van der Waals surface area contributed by atoms with Crippen molar-refractivity contribution < 1.29 is 0 Å². The van der Waals surface area contributed by atoms with Crippen LogP contribution in [0.2, 0.25) is 0 Å². The Kier molecular flexibility index (Phi) is 3.92. The maximum Gasteiger partial charge on any atom is 0.0897 e. The minimum Gasteiger partial charge on any atom is -0.308 e. The molecule has 2 aliphatic rings. The van der Waals surface area contributed by atoms with E-state index in [0.717, 1.165) is 13.1 Å². The number of piperazine rings is 1. The molecule has 3 nitrogen and oxygen atoms in total. The summed E-state index contributed by atoms with van der Waals surface area (Å²) in [5.41, 5.74) is 1.65. The molecule has 0 bridgehead atoms. The van der Waals surface area contributed by atoms with E-state index in [1.807, 2.05) is 0 Å². The highest BCUT2D eigenvalue weighted by molar-refractivity contribution is 7.09. The second kappa shape index (κ2) is 5.51. The largest absolute Gasteiger partial charge is 0.308 e. The van der Waals surface area contributed by atoms with Crippen molar-refractivity contribution >= 4 is 11.3 Å². The van der Waals surface area contributed by atoms with Crippen LogP contribution in [0.25, 0.3) is 0 Å². The summed E-state index contributed by atoms with van der Waals surface area (Å²) in [6, 6.07) is 0.620. The number of nitrogens with one attached hydrogen (secondary N) is 1. The van der Waals surface area contributed by atoms with Crippen molar-refractivity contribution in [1.29, 1.82) is 0 Å². The average Bonchev–Trinajstić information content (AvgIpc) is 2.81. The number of aromatic nitrogens is 1. The van der Waals surface area contributed by atoms with Crippen molar-refractivity contribution in [2.75, 3.05) is 13.1 Å². The zero-order chi connectivity index (χ0) is 13.3. The molecule has 0 radical (unpaired) electrons. The molecule has 2 fully saturated rings. The number of rotatable bonds is 2. The van der Waals surface area contributed by atoms with Crippen molar-refractivity contribution in [3.05, 3.63) is 16.1 Å². The standard InChI is InChI=1S/C15H25N3S/c1-12-8-16-15(6-4-3-5-7-15)11-18(12)9-14-10-19-13(2)17-14/h10,12,16H,3-9,11H2,1-2H3. The van der Waals surface area contributed by atoms with Gasteiger partial charge in [-0.2, -0.15) is 0 Å². The average molecular weight is 279 g/mol. The molecular weight excluding hydrogens is 254 g/mol. The fourth-order valence-electron chi connectivity index (χ4n) is 3.56. The third-order valence-corrected chi connectivity index (χ3v) is 5.57. The smallest absolute Gasteiger partial charge is 0.0897 e. The molecule has 1 saturated carbocycles. The van der Waals surface area contributed by atoms with Crippen molar-refractivity contribution in [2.24, 2.45) is 0 Å². The van der Waals surface area contributed by atoms with Gasteiger partial charge in [0.05, 0.1) is 10.7 Å². The van der Waals surface area contributed by atoms with Crippen LogP contribution >= 0.6 is 11.3 Å². The third-order valence-electron chi connectivity index (χ3n) is 4.74. The molecule has 1 unspecified atom stereocenters. The molecular formula is C15H25N3S. The SMILES string of the molecule is Cc1nc(CN2CC3(CCCCC3)NCC2C)cs1. The Balaban J connectivity index is 1.68. The summed E-state index contributed by atoms with van der Waals surface area (Å²) in [6.45, 7) is 7.78. The molecule has 4 heteroatoms. The lowest BCUT2D eigenvalue weighted by Gasteiger charge is -2.48. The first kappa shape index (κ1) is 13.5. The Hall–Kier alpha value is -0.450. The lowest BCUT2D eigenvalue weighted by Crippen LogP contribution is -2.63. The van der Waals surface area contributed by atoms with E-state index in [-0.39, 0.29) is 0 Å². The Morgan fingerprint density at radius 1 is 1.42 bits per heavy atom. The first-order valence-electron chi connectivity index (χ1n) is 7.57. The van der Waals surface area contributed by atoms with Gasteiger partial charge in [-0.1, -0.05) is 19.3 Å². The molecule has 1 saturated heterocycles. The summed E-state index contributed by atoms with van der Waals surface area (Å²) in [5, 5.41) is 7.25. The molecule has 1 atom stereocenters. The molecule has 1 aliphatic heterocycles. The van der Waals surface area contributed by atoms with Crippen LogP contribution in [0, 0.1) is 6.92 Å². The molecule has 2 heterocycles. The van der Waals surface area contributed by atoms with Crippen LogP contribution in [0.4, 0.5) is 0 Å². The maximum absolute atomic E-state index is 4.63. The normalized spacial score (nSPS) is 27.8. The zero-order valence-electron chi connectivity index (χ0n) is 12.1. The second-order valence-electron chi connectivity index (χ2n) is 6.33. The summed E-state index contributed by atoms with van der Waals surface area (Å²) in [5.74, 6) is 0. The molecule has 0 aromatic carbocycles. The third kappa shape index (κ3) is 3.01. The van der Waals surface area contributed by atoms with Crippen molar-refractivity contribution in [2.45, 2.75) is 64.1 Å². The van der Waals surface area contributed by atoms with Gasteiger partial charge >= 0.3 is 0 Å². The fraction of sp³-hybridized carbons (Fsp3) is 0.800. The number of nitrogens with zero attached hydrogens (tertiary/aromatic N) is 2. The molecule has 1 aliphatic carbocycles. The van der Waals surface area contributed by atoms with Gasteiger partial charge < -0.3 is 5.32 Å². The van der Waals surface area contributed by atoms with Crippen molar-refractivity contribution in [3.8, 4) is 0 Å². The van der Waals surface area contributed by atoms with E-state index >= 15 is 0 Å². The van der Waals surface area contributed by atoms with E-state index in [1.165, 1.54) is 49.4 Å². The highest BCUT2D eigenvalue weighted by Gasteiger charge is 2.38. The predicted octanol–water partition coefficient (Wildman–Crippen LogP) is 2.95. The van der Waals surface area contributed by atoms with Crippen molar-refractivity contribution in [3.63, 3.8) is 0 Å². The van der Waals surface area contributed by atoms with Gasteiger partial charge in [0.25, 0.3) is 0 Å². The molecule has 1 aromatic rings. The summed E-state index contributed by atoms with van der Waals surface area (Å²) in [7, 11) is 0. The predicted molar refractivity (Wildman–Crippen MR) is 80.5 cm³/mol. The van der Waals surface area contributed by atoms with E-state index in [4.69, 9.17) is 0 Å². The highest BCUT2D eigenvalue weighted by Crippen LogP contribution is 2.32. The number of hydrogen-bond donors (Lipinski definition) is 1. The Labute approximate surface area is 120 Å². The van der Waals surface area contributed by atoms with E-state index in [1.54, 1.807) is 11.3 Å². The summed E-state index contributed by atoms with van der Waals surface area (Å²) >= 11 is 1.77. The minimum absolute atomic E-state index is 0.399. The molecule has 0 amide bonds. The molecule has 106 valence electrons. The van der Waals surface area contributed by atoms with Gasteiger partial charge in [0.2, 0.25) is 0 Å². The van der Waals surface area contributed by atoms with Gasteiger partial charge in [-0.05, 0) is 26.7 Å². The molecule has 1 N–H and O–H groups in total. The maximum atomic E-state index is 4.63. The molecule has 1 aromatic heterocycles. The first-order chi connectivity index (χ1) is 9.17. The number of thiazole rings is 1. The van der Waals surface area contributed by atoms with Crippen LogP contribution in [0.5, 0.6) is 0 Å². The molecule has 1 spiro atoms. The Morgan fingerprint density at radius 3 is 2.89 bits per heavy atom. The summed E-state index contributed by atoms with van der Waals surface area (Å²) in [6.07, 6.45) is 6.92. The number of aryl methyl sites for hydroxylation is 1. The van der Waals surface area contributed by atoms with E-state index in [2.05, 4.69) is 34.4 Å². The van der Waals surface area contributed by atoms with Crippen LogP contribution in [-0.2, 0) is 6.54 Å². The monoisotopic (exact) mass is 279 g/mol. The van der Waals surface area contributed by atoms with Gasteiger partial charge in [0, 0.05) is 36.6 Å². The quantitative estimate of drug-likeness (QED) is 0.902. The van der Waals surface area contributed by atoms with Crippen LogP contribution in [0.1, 0.15) is 49.7 Å². The first-order valence-corrected chi connectivity index (χ1v) is 8.45. The number of hydrogen-bond acceptors (Lipinski definition) is 4. The van der Waals surface area contributed by atoms with Crippen LogP contribution in [0.15, 0.2) is 5.38 Å². The summed E-state index contributed by atoms with van der Waals surface area (Å²) < 4.78 is 0. The molecule has 19 heavy (non-hydrogen) atoms. The lowest BCUT2D eigenvalue weighted by molar-refractivity contribution is 0.0565. The van der Waals surface area contributed by atoms with Gasteiger partial charge in [-0.15, -0.1) is 11.3 Å². The second-order valence-corrected chi connectivity index (χ2v) is 7.40.